The van der Waals surface area contributed by atoms with E-state index in [1.807, 2.05) is 0 Å². The number of hydrogen-bond donors (Lipinski definition) is 0. The first-order valence-corrected chi connectivity index (χ1v) is 3.64. The first kappa shape index (κ1) is 6.78. The van der Waals surface area contributed by atoms with Gasteiger partial charge in [-0.15, -0.1) is 0 Å². The minimum absolute atomic E-state index is 0.484. The van der Waals surface area contributed by atoms with E-state index in [-0.39, 0.29) is 0 Å². The van der Waals surface area contributed by atoms with Crippen molar-refractivity contribution in [1.29, 1.82) is 0 Å². The van der Waals surface area contributed by atoms with Crippen LogP contribution in [0.1, 0.15) is 6.92 Å². The van der Waals surface area contributed by atoms with Crippen molar-refractivity contribution in [3.63, 3.8) is 0 Å². The fourth-order valence-corrected chi connectivity index (χ4v) is 1.76. The number of rotatable bonds is 2. The Balaban J connectivity index is 2.44. The van der Waals surface area contributed by atoms with Gasteiger partial charge < -0.3 is 0 Å². The third-order valence-electron chi connectivity index (χ3n) is 1.63. The third kappa shape index (κ3) is 0.995. The summed E-state index contributed by atoms with van der Waals surface area (Å²) in [6.45, 7) is 2.16. The molecule has 4 heteroatoms. The molecule has 0 amide bonds. The van der Waals surface area contributed by atoms with Crippen molar-refractivity contribution in [2.45, 2.75) is 19.0 Å². The van der Waals surface area contributed by atoms with Crippen LogP contribution >= 0.6 is 0 Å². The molecule has 1 saturated carbocycles. The summed E-state index contributed by atoms with van der Waals surface area (Å²) in [6.07, 6.45) is 0. The summed E-state index contributed by atoms with van der Waals surface area (Å²) in [6, 6.07) is 0.968. The van der Waals surface area contributed by atoms with Gasteiger partial charge in [0.2, 0.25) is 0 Å². The Hall–Kier alpha value is 0.665. The maximum absolute atomic E-state index is 4.04. The second kappa shape index (κ2) is 2.50. The van der Waals surface area contributed by atoms with Crippen LogP contribution in [0, 0.1) is 5.92 Å². The van der Waals surface area contributed by atoms with Gasteiger partial charge in [-0.1, -0.05) is 0 Å². The van der Waals surface area contributed by atoms with E-state index in [0.717, 1.165) is 0 Å². The minimum atomic E-state index is 0.484. The SMILES string of the molecule is CC1C([N]=[Al])C1[N]=[Al]. The van der Waals surface area contributed by atoms with E-state index in [4.69, 9.17) is 0 Å². The summed E-state index contributed by atoms with van der Waals surface area (Å²) < 4.78 is 8.09. The van der Waals surface area contributed by atoms with Crippen LogP contribution in [0.3, 0.4) is 0 Å². The van der Waals surface area contributed by atoms with Crippen LogP contribution in [0.25, 0.3) is 0 Å². The zero-order chi connectivity index (χ0) is 6.15. The van der Waals surface area contributed by atoms with Gasteiger partial charge >= 0.3 is 65.0 Å². The Morgan fingerprint density at radius 1 is 1.12 bits per heavy atom. The van der Waals surface area contributed by atoms with E-state index >= 15 is 0 Å². The molecule has 8 heavy (non-hydrogen) atoms. The van der Waals surface area contributed by atoms with Crippen LogP contribution in [0.15, 0.2) is 7.86 Å². The van der Waals surface area contributed by atoms with E-state index in [0.29, 0.717) is 18.0 Å². The molecule has 2 unspecified atom stereocenters. The summed E-state index contributed by atoms with van der Waals surface area (Å²) in [4.78, 5) is 0. The molecule has 0 saturated heterocycles. The van der Waals surface area contributed by atoms with Crippen molar-refractivity contribution in [3.05, 3.63) is 0 Å². The Bertz CT molecular complexity index is 111. The maximum atomic E-state index is 4.04. The number of hydrogen-bond acceptors (Lipinski definition) is 2. The Kier molecular flexibility index (Phi) is 2.12. The molecule has 2 radical (unpaired) electrons. The normalized spacial score (nSPS) is 43.1. The monoisotopic (exact) mass is 136 g/mol. The fraction of sp³-hybridized carbons (Fsp3) is 1.00. The van der Waals surface area contributed by atoms with Crippen molar-refractivity contribution in [1.82, 2.24) is 0 Å². The van der Waals surface area contributed by atoms with E-state index < -0.39 is 0 Å². The summed E-state index contributed by atoms with van der Waals surface area (Å²) in [5.41, 5.74) is 0. The van der Waals surface area contributed by atoms with Crippen molar-refractivity contribution in [3.8, 4) is 0 Å². The van der Waals surface area contributed by atoms with Gasteiger partial charge in [0.05, 0.1) is 0 Å². The van der Waals surface area contributed by atoms with Gasteiger partial charge in [-0.3, -0.25) is 0 Å². The van der Waals surface area contributed by atoms with Gasteiger partial charge in [0, 0.05) is 0 Å². The standard InChI is InChI=1S/C4H6N2.2Al/c1-2-3(5)4(2)6;;/h2-4H,1H3;;. The predicted molar refractivity (Wildman–Crippen MR) is 33.1 cm³/mol. The molecular formula is C4H6Al2N2. The zero-order valence-corrected chi connectivity index (χ0v) is 7.09. The van der Waals surface area contributed by atoms with Gasteiger partial charge in [0.15, 0.2) is 0 Å². The van der Waals surface area contributed by atoms with Gasteiger partial charge in [-0.05, 0) is 0 Å². The molecule has 2 atom stereocenters. The summed E-state index contributed by atoms with van der Waals surface area (Å²) in [7, 11) is 0. The zero-order valence-electron chi connectivity index (χ0n) is 4.78. The topological polar surface area (TPSA) is 24.7 Å². The summed E-state index contributed by atoms with van der Waals surface area (Å²) in [5.74, 6) is 0.671. The fourth-order valence-electron chi connectivity index (χ4n) is 0.869. The first-order chi connectivity index (χ1) is 3.81. The first-order valence-electron chi connectivity index (χ1n) is 2.61. The van der Waals surface area contributed by atoms with Crippen LogP contribution < -0.4 is 0 Å². The molecule has 38 valence electrons. The Morgan fingerprint density at radius 3 is 1.62 bits per heavy atom. The Labute approximate surface area is 65.1 Å². The average Bonchev–Trinajstić information content (AvgIpc) is 2.40. The van der Waals surface area contributed by atoms with E-state index in [9.17, 15) is 0 Å². The van der Waals surface area contributed by atoms with E-state index in [1.165, 1.54) is 0 Å². The molecule has 0 spiro atoms. The number of nitrogens with zero attached hydrogens (tertiary/aromatic N) is 2. The average molecular weight is 136 g/mol. The summed E-state index contributed by atoms with van der Waals surface area (Å²) >= 11 is 4.78. The molecule has 0 heterocycles. The van der Waals surface area contributed by atoms with Crippen molar-refractivity contribution in [2.75, 3.05) is 0 Å². The second-order valence-electron chi connectivity index (χ2n) is 2.14. The van der Waals surface area contributed by atoms with E-state index in [1.54, 1.807) is 0 Å². The summed E-state index contributed by atoms with van der Waals surface area (Å²) in [5, 5.41) is 0. The van der Waals surface area contributed by atoms with Gasteiger partial charge in [0.25, 0.3) is 0 Å². The quantitative estimate of drug-likeness (QED) is 0.480. The molecule has 1 rings (SSSR count). The molecule has 2 nitrogen and oxygen atoms in total. The van der Waals surface area contributed by atoms with Crippen LogP contribution in [0.5, 0.6) is 0 Å². The van der Waals surface area contributed by atoms with Crippen LogP contribution in [0.2, 0.25) is 0 Å². The molecule has 1 aliphatic rings. The second-order valence-corrected chi connectivity index (χ2v) is 2.73. The van der Waals surface area contributed by atoms with Crippen molar-refractivity contribution in [2.24, 2.45) is 13.8 Å². The predicted octanol–water partition coefficient (Wildman–Crippen LogP) is 0.0775. The molecule has 0 aromatic heterocycles. The molecule has 0 aliphatic heterocycles. The molecular weight excluding hydrogens is 130 g/mol. The molecule has 0 bridgehead atoms. The van der Waals surface area contributed by atoms with Crippen LogP contribution in [-0.4, -0.2) is 44.3 Å². The van der Waals surface area contributed by atoms with Gasteiger partial charge in [-0.2, -0.15) is 0 Å². The van der Waals surface area contributed by atoms with Crippen molar-refractivity contribution >= 4 is 32.2 Å². The Morgan fingerprint density at radius 2 is 1.50 bits per heavy atom. The molecule has 0 aromatic carbocycles. The van der Waals surface area contributed by atoms with Crippen LogP contribution in [-0.2, 0) is 0 Å². The van der Waals surface area contributed by atoms with Gasteiger partial charge in [-0.25, -0.2) is 0 Å². The molecule has 0 N–H and O–H groups in total. The molecule has 1 aliphatic carbocycles. The molecule has 0 aromatic rings. The molecule has 1 fully saturated rings. The van der Waals surface area contributed by atoms with Crippen molar-refractivity contribution < 1.29 is 0 Å². The van der Waals surface area contributed by atoms with Crippen LogP contribution in [0.4, 0.5) is 0 Å². The third-order valence-corrected chi connectivity index (χ3v) is 2.32. The van der Waals surface area contributed by atoms with Gasteiger partial charge in [0.1, 0.15) is 0 Å². The van der Waals surface area contributed by atoms with E-state index in [2.05, 4.69) is 47.0 Å².